The Hall–Kier alpha value is -1.42. The molecule has 1 aliphatic rings. The maximum Gasteiger partial charge on any atom is 0.397 e. The molecule has 1 saturated heterocycles. The van der Waals surface area contributed by atoms with Gasteiger partial charge in [-0.25, -0.2) is 4.18 Å². The summed E-state index contributed by atoms with van der Waals surface area (Å²) in [5, 5.41) is 44.2. The molecule has 1 heterocycles. The summed E-state index contributed by atoms with van der Waals surface area (Å²) in [5.74, 6) is -0.278. The molecule has 0 radical (unpaired) electrons. The van der Waals surface area contributed by atoms with Crippen LogP contribution in [0.2, 0.25) is 0 Å². The van der Waals surface area contributed by atoms with Gasteiger partial charge in [-0.2, -0.15) is 8.42 Å². The molecular weight excluding hydrogens is 642 g/mol. The van der Waals surface area contributed by atoms with Gasteiger partial charge in [0.2, 0.25) is 5.91 Å². The molecule has 7 unspecified atom stereocenters. The van der Waals surface area contributed by atoms with Crippen LogP contribution in [-0.2, 0) is 28.9 Å². The van der Waals surface area contributed by atoms with E-state index in [1.54, 1.807) is 6.08 Å². The van der Waals surface area contributed by atoms with Gasteiger partial charge in [-0.15, -0.1) is 0 Å². The highest BCUT2D eigenvalue weighted by atomic mass is 32.3. The first kappa shape index (κ1) is 44.6. The Morgan fingerprint density at radius 3 is 1.92 bits per heavy atom. The molecule has 0 aromatic heterocycles. The van der Waals surface area contributed by atoms with Gasteiger partial charge in [-0.05, 0) is 44.9 Å². The van der Waals surface area contributed by atoms with Crippen molar-refractivity contribution in [2.24, 2.45) is 0 Å². The number of hydrogen-bond acceptors (Lipinski definition) is 10. The van der Waals surface area contributed by atoms with E-state index in [9.17, 15) is 33.6 Å². The Balaban J connectivity index is 2.68. The number of rotatable bonds is 29. The minimum Gasteiger partial charge on any atom is -0.394 e. The van der Waals surface area contributed by atoms with Crippen molar-refractivity contribution in [2.45, 2.75) is 179 Å². The average Bonchev–Trinajstić information content (AvgIpc) is 3.04. The molecule has 1 fully saturated rings. The minimum absolute atomic E-state index is 0.258. The normalized spacial score (nSPS) is 23.2. The van der Waals surface area contributed by atoms with Crippen molar-refractivity contribution >= 4 is 16.3 Å². The molecule has 282 valence electrons. The minimum atomic E-state index is -5.07. The monoisotopic (exact) mass is 707 g/mol. The van der Waals surface area contributed by atoms with Gasteiger partial charge in [-0.1, -0.05) is 109 Å². The van der Waals surface area contributed by atoms with E-state index in [0.717, 1.165) is 64.2 Å². The molecule has 7 atom stereocenters. The number of carbonyl (C=O) groups excluding carboxylic acids is 1. The first-order chi connectivity index (χ1) is 23.0. The lowest BCUT2D eigenvalue weighted by Gasteiger charge is -2.41. The summed E-state index contributed by atoms with van der Waals surface area (Å²) in [6, 6.07) is -0.942. The zero-order chi connectivity index (χ0) is 35.6. The number of carbonyl (C=O) groups is 1. The lowest BCUT2D eigenvalue weighted by Crippen LogP contribution is -2.61. The molecule has 0 aliphatic carbocycles. The SMILES string of the molecule is CCCCC/C=C\CCCCCCCC(=O)NC(COC1OC(CO)C(O)C(OS(=O)(=O)O)C1O)C(O)/C=C/CCCCCCCCC. The molecule has 1 rings (SSSR count). The van der Waals surface area contributed by atoms with Gasteiger partial charge in [0.05, 0.1) is 25.4 Å². The van der Waals surface area contributed by atoms with Gasteiger partial charge in [0.25, 0.3) is 0 Å². The number of aliphatic hydroxyl groups excluding tert-OH is 4. The van der Waals surface area contributed by atoms with E-state index in [1.807, 2.05) is 6.08 Å². The van der Waals surface area contributed by atoms with Crippen molar-refractivity contribution in [3.63, 3.8) is 0 Å². The summed E-state index contributed by atoms with van der Waals surface area (Å²) in [7, 11) is -5.07. The number of ether oxygens (including phenoxy) is 2. The van der Waals surface area contributed by atoms with E-state index in [4.69, 9.17) is 14.0 Å². The van der Waals surface area contributed by atoms with Crippen molar-refractivity contribution < 1.29 is 51.8 Å². The summed E-state index contributed by atoms with van der Waals surface area (Å²) in [4.78, 5) is 12.9. The Bertz CT molecular complexity index is 978. The average molecular weight is 708 g/mol. The summed E-state index contributed by atoms with van der Waals surface area (Å²) in [6.07, 6.45) is 18.2. The van der Waals surface area contributed by atoms with Gasteiger partial charge >= 0.3 is 10.4 Å². The Morgan fingerprint density at radius 1 is 0.812 bits per heavy atom. The number of nitrogens with one attached hydrogen (secondary N) is 1. The van der Waals surface area contributed by atoms with Crippen LogP contribution >= 0.6 is 0 Å². The zero-order valence-corrected chi connectivity index (χ0v) is 30.1. The molecule has 12 nitrogen and oxygen atoms in total. The number of aliphatic hydroxyl groups is 4. The number of unbranched alkanes of at least 4 members (excludes halogenated alkanes) is 15. The predicted octanol–water partition coefficient (Wildman–Crippen LogP) is 5.04. The summed E-state index contributed by atoms with van der Waals surface area (Å²) >= 11 is 0. The van der Waals surface area contributed by atoms with Gasteiger partial charge in [0, 0.05) is 6.42 Å². The van der Waals surface area contributed by atoms with Crippen molar-refractivity contribution in [1.29, 1.82) is 0 Å². The van der Waals surface area contributed by atoms with Gasteiger partial charge in [0.15, 0.2) is 6.29 Å². The third kappa shape index (κ3) is 20.9. The van der Waals surface area contributed by atoms with Crippen LogP contribution in [-0.4, -0.2) is 95.4 Å². The largest absolute Gasteiger partial charge is 0.397 e. The molecule has 6 N–H and O–H groups in total. The molecule has 0 aromatic rings. The zero-order valence-electron chi connectivity index (χ0n) is 29.3. The predicted molar refractivity (Wildman–Crippen MR) is 185 cm³/mol. The molecule has 0 spiro atoms. The summed E-state index contributed by atoms with van der Waals surface area (Å²) in [5.41, 5.74) is 0. The van der Waals surface area contributed by atoms with Crippen LogP contribution in [0.1, 0.15) is 136 Å². The Morgan fingerprint density at radius 2 is 1.33 bits per heavy atom. The van der Waals surface area contributed by atoms with Crippen LogP contribution in [0.15, 0.2) is 24.3 Å². The molecule has 1 amide bonds. The number of allylic oxidation sites excluding steroid dienone is 3. The topological polar surface area (TPSA) is 192 Å². The van der Waals surface area contributed by atoms with Crippen LogP contribution < -0.4 is 5.32 Å². The van der Waals surface area contributed by atoms with Crippen molar-refractivity contribution in [2.75, 3.05) is 13.2 Å². The van der Waals surface area contributed by atoms with E-state index in [0.29, 0.717) is 6.42 Å². The molecule has 0 saturated carbocycles. The molecule has 0 aromatic carbocycles. The van der Waals surface area contributed by atoms with E-state index in [2.05, 4.69) is 35.5 Å². The fourth-order valence-corrected chi connectivity index (χ4v) is 6.07. The molecular formula is C35H65NO11S. The quantitative estimate of drug-likeness (QED) is 0.0347. The van der Waals surface area contributed by atoms with E-state index in [-0.39, 0.29) is 18.9 Å². The van der Waals surface area contributed by atoms with Crippen LogP contribution in [0.5, 0.6) is 0 Å². The smallest absolute Gasteiger partial charge is 0.394 e. The van der Waals surface area contributed by atoms with Crippen molar-refractivity contribution in [1.82, 2.24) is 5.32 Å². The fraction of sp³-hybridized carbons (Fsp3) is 0.857. The highest BCUT2D eigenvalue weighted by Gasteiger charge is 2.48. The lowest BCUT2D eigenvalue weighted by molar-refractivity contribution is -0.298. The Labute approximate surface area is 289 Å². The lowest BCUT2D eigenvalue weighted by atomic mass is 9.99. The third-order valence-corrected chi connectivity index (χ3v) is 8.94. The van der Waals surface area contributed by atoms with Gasteiger partial charge < -0.3 is 35.2 Å². The van der Waals surface area contributed by atoms with Crippen molar-refractivity contribution in [3.8, 4) is 0 Å². The fourth-order valence-electron chi connectivity index (χ4n) is 5.56. The maximum atomic E-state index is 12.9. The summed E-state index contributed by atoms with van der Waals surface area (Å²) in [6.45, 7) is 3.27. The van der Waals surface area contributed by atoms with Gasteiger partial charge in [0.1, 0.15) is 24.4 Å². The van der Waals surface area contributed by atoms with E-state index >= 15 is 0 Å². The van der Waals surface area contributed by atoms with Gasteiger partial charge in [-0.3, -0.25) is 9.35 Å². The van der Waals surface area contributed by atoms with Crippen LogP contribution in [0, 0.1) is 0 Å². The highest BCUT2D eigenvalue weighted by molar-refractivity contribution is 7.80. The van der Waals surface area contributed by atoms with Crippen LogP contribution in [0.4, 0.5) is 0 Å². The summed E-state index contributed by atoms with van der Waals surface area (Å²) < 4.78 is 47.2. The molecule has 1 aliphatic heterocycles. The molecule has 48 heavy (non-hydrogen) atoms. The standard InChI is InChI=1S/C35H65NO11S/c1-3-5-7-9-11-13-14-15-17-19-21-23-25-31(39)36-28(29(38)24-22-20-18-16-12-10-8-6-4-2)27-45-35-33(41)34(47-48(42,43)44)32(40)30(26-37)46-35/h11,13,22,24,28-30,32-35,37-38,40-41H,3-10,12,14-21,23,25-27H2,1-2H3,(H,36,39)(H,42,43,44)/b13-11-,24-22+. The van der Waals surface area contributed by atoms with E-state index < -0.39 is 59.9 Å². The number of amides is 1. The first-order valence-corrected chi connectivity index (χ1v) is 19.6. The third-order valence-electron chi connectivity index (χ3n) is 8.48. The van der Waals surface area contributed by atoms with Crippen molar-refractivity contribution in [3.05, 3.63) is 24.3 Å². The molecule has 13 heteroatoms. The number of hydrogen-bond donors (Lipinski definition) is 6. The highest BCUT2D eigenvalue weighted by Crippen LogP contribution is 2.26. The molecule has 0 bridgehead atoms. The van der Waals surface area contributed by atoms with E-state index in [1.165, 1.54) is 44.9 Å². The second-order valence-electron chi connectivity index (χ2n) is 12.8. The second-order valence-corrected chi connectivity index (χ2v) is 13.9. The second kappa shape index (κ2) is 27.3. The van der Waals surface area contributed by atoms with Crippen LogP contribution in [0.25, 0.3) is 0 Å². The van der Waals surface area contributed by atoms with Crippen LogP contribution in [0.3, 0.4) is 0 Å². The maximum absolute atomic E-state index is 12.9. The Kier molecular flexibility index (Phi) is 25.4. The first-order valence-electron chi connectivity index (χ1n) is 18.2.